The maximum absolute atomic E-state index is 12.4. The van der Waals surface area contributed by atoms with Gasteiger partial charge >= 0.3 is 5.69 Å². The van der Waals surface area contributed by atoms with Gasteiger partial charge < -0.3 is 5.11 Å². The van der Waals surface area contributed by atoms with Gasteiger partial charge in [0, 0.05) is 26.9 Å². The normalized spacial score (nSPS) is 11.8. The Balaban J connectivity index is 1.80. The minimum Gasteiger partial charge on any atom is -0.494 e. The second kappa shape index (κ2) is 8.47. The molecule has 0 bridgehead atoms. The van der Waals surface area contributed by atoms with Crippen LogP contribution in [0.4, 0.5) is 5.69 Å². The summed E-state index contributed by atoms with van der Waals surface area (Å²) in [5, 5.41) is 10.0. The molecule has 0 saturated carbocycles. The molecule has 1 heterocycles. The summed E-state index contributed by atoms with van der Waals surface area (Å²) < 4.78 is 29.2. The van der Waals surface area contributed by atoms with Crippen LogP contribution in [-0.2, 0) is 30.7 Å². The zero-order chi connectivity index (χ0) is 21.9. The van der Waals surface area contributed by atoms with Crippen molar-refractivity contribution in [2.24, 2.45) is 19.1 Å². The number of nitrogens with zero attached hydrogens (tertiary/aromatic N) is 3. The third kappa shape index (κ3) is 4.39. The number of hydrogen-bond acceptors (Lipinski definition) is 6. The maximum atomic E-state index is 12.4. The van der Waals surface area contributed by atoms with Crippen LogP contribution in [0.25, 0.3) is 0 Å². The molecule has 10 heteroatoms. The topological polar surface area (TPSA) is 123 Å². The van der Waals surface area contributed by atoms with Crippen molar-refractivity contribution in [2.45, 2.75) is 11.4 Å². The van der Waals surface area contributed by atoms with Gasteiger partial charge in [0.15, 0.2) is 0 Å². The highest BCUT2D eigenvalue weighted by Gasteiger charge is 2.14. The van der Waals surface area contributed by atoms with Gasteiger partial charge in [-0.1, -0.05) is 30.3 Å². The van der Waals surface area contributed by atoms with E-state index in [2.05, 4.69) is 9.71 Å². The Kier molecular flexibility index (Phi) is 5.99. The zero-order valence-corrected chi connectivity index (χ0v) is 17.1. The van der Waals surface area contributed by atoms with E-state index < -0.39 is 27.2 Å². The van der Waals surface area contributed by atoms with E-state index in [1.165, 1.54) is 38.4 Å². The number of nitrogens with one attached hydrogen (secondary N) is 1. The van der Waals surface area contributed by atoms with E-state index in [1.54, 1.807) is 0 Å². The molecule has 0 aliphatic heterocycles. The van der Waals surface area contributed by atoms with Crippen LogP contribution >= 0.6 is 0 Å². The first-order valence-electron chi connectivity index (χ1n) is 8.87. The SMILES string of the molecule is Cn1c(O)c(C=Nc2ccc(S(=O)(=O)NCc3ccccc3)cc2)c(=O)n(C)c1=O. The fourth-order valence-electron chi connectivity index (χ4n) is 2.68. The lowest BCUT2D eigenvalue weighted by molar-refractivity contribution is 0.410. The standard InChI is InChI=1S/C20H20N4O5S/c1-23-18(25)17(19(26)24(2)20(23)27)13-21-15-8-10-16(11-9-15)30(28,29)22-12-14-6-4-3-5-7-14/h3-11,13,22,25H,12H2,1-2H3. The maximum Gasteiger partial charge on any atom is 0.333 e. The molecule has 0 aliphatic carbocycles. The molecule has 2 aromatic carbocycles. The summed E-state index contributed by atoms with van der Waals surface area (Å²) in [7, 11) is -1.08. The fourth-order valence-corrected chi connectivity index (χ4v) is 3.70. The first-order chi connectivity index (χ1) is 14.2. The quantitative estimate of drug-likeness (QED) is 0.568. The van der Waals surface area contributed by atoms with Crippen molar-refractivity contribution >= 4 is 21.9 Å². The van der Waals surface area contributed by atoms with Crippen LogP contribution in [0.1, 0.15) is 11.1 Å². The number of aliphatic imine (C=N–C) groups is 1. The lowest BCUT2D eigenvalue weighted by Gasteiger charge is -2.08. The minimum atomic E-state index is -3.71. The van der Waals surface area contributed by atoms with E-state index in [0.717, 1.165) is 20.9 Å². The van der Waals surface area contributed by atoms with Gasteiger partial charge in [-0.05, 0) is 29.8 Å². The van der Waals surface area contributed by atoms with Crippen molar-refractivity contribution < 1.29 is 13.5 Å². The second-order valence-electron chi connectivity index (χ2n) is 6.51. The minimum absolute atomic E-state index is 0.0678. The van der Waals surface area contributed by atoms with E-state index in [-0.39, 0.29) is 17.0 Å². The summed E-state index contributed by atoms with van der Waals surface area (Å²) in [6, 6.07) is 14.9. The summed E-state index contributed by atoms with van der Waals surface area (Å²) in [5.74, 6) is -0.504. The molecule has 0 amide bonds. The number of aromatic hydroxyl groups is 1. The van der Waals surface area contributed by atoms with Crippen LogP contribution in [0.5, 0.6) is 5.88 Å². The molecule has 2 N–H and O–H groups in total. The van der Waals surface area contributed by atoms with E-state index in [0.29, 0.717) is 5.69 Å². The van der Waals surface area contributed by atoms with Gasteiger partial charge in [-0.3, -0.25) is 18.9 Å². The van der Waals surface area contributed by atoms with Crippen molar-refractivity contribution in [3.05, 3.63) is 86.6 Å². The van der Waals surface area contributed by atoms with Crippen molar-refractivity contribution in [1.29, 1.82) is 0 Å². The Morgan fingerprint density at radius 3 is 2.27 bits per heavy atom. The van der Waals surface area contributed by atoms with Crippen molar-refractivity contribution in [1.82, 2.24) is 13.9 Å². The Bertz CT molecular complexity index is 1310. The smallest absolute Gasteiger partial charge is 0.333 e. The molecule has 0 atom stereocenters. The molecule has 0 saturated heterocycles. The number of aromatic nitrogens is 2. The van der Waals surface area contributed by atoms with Crippen LogP contribution in [0, 0.1) is 0 Å². The van der Waals surface area contributed by atoms with Gasteiger partial charge in [-0.2, -0.15) is 0 Å². The molecule has 0 fully saturated rings. The monoisotopic (exact) mass is 428 g/mol. The Labute approximate surface area is 172 Å². The molecule has 3 aromatic rings. The molecule has 1 aromatic heterocycles. The second-order valence-corrected chi connectivity index (χ2v) is 8.27. The number of benzene rings is 2. The Morgan fingerprint density at radius 2 is 1.63 bits per heavy atom. The molecule has 0 unspecified atom stereocenters. The van der Waals surface area contributed by atoms with Gasteiger partial charge in [0.25, 0.3) is 5.56 Å². The molecule has 9 nitrogen and oxygen atoms in total. The van der Waals surface area contributed by atoms with Gasteiger partial charge in [-0.15, -0.1) is 0 Å². The van der Waals surface area contributed by atoms with Crippen LogP contribution in [-0.4, -0.2) is 28.9 Å². The average molecular weight is 428 g/mol. The first kappa shape index (κ1) is 21.2. The van der Waals surface area contributed by atoms with E-state index in [1.807, 2.05) is 30.3 Å². The average Bonchev–Trinajstić information content (AvgIpc) is 2.76. The largest absolute Gasteiger partial charge is 0.494 e. The highest BCUT2D eigenvalue weighted by Crippen LogP contribution is 2.17. The third-order valence-electron chi connectivity index (χ3n) is 4.47. The van der Waals surface area contributed by atoms with E-state index >= 15 is 0 Å². The lowest BCUT2D eigenvalue weighted by Crippen LogP contribution is -2.38. The number of sulfonamides is 1. The highest BCUT2D eigenvalue weighted by atomic mass is 32.2. The van der Waals surface area contributed by atoms with Gasteiger partial charge in [0.05, 0.1) is 10.6 Å². The van der Waals surface area contributed by atoms with E-state index in [4.69, 9.17) is 0 Å². The summed E-state index contributed by atoms with van der Waals surface area (Å²) >= 11 is 0. The first-order valence-corrected chi connectivity index (χ1v) is 10.4. The van der Waals surface area contributed by atoms with Gasteiger partial charge in [0.1, 0.15) is 5.56 Å². The van der Waals surface area contributed by atoms with Gasteiger partial charge in [0.2, 0.25) is 15.9 Å². The van der Waals surface area contributed by atoms with Crippen molar-refractivity contribution in [3.8, 4) is 5.88 Å². The summed E-state index contributed by atoms with van der Waals surface area (Å²) in [5.41, 5.74) is -0.301. The predicted octanol–water partition coefficient (Wildman–Crippen LogP) is 1.02. The van der Waals surface area contributed by atoms with E-state index in [9.17, 15) is 23.1 Å². The summed E-state index contributed by atoms with van der Waals surface area (Å²) in [6.45, 7) is 0.165. The van der Waals surface area contributed by atoms with Crippen LogP contribution in [0.2, 0.25) is 0 Å². The lowest BCUT2D eigenvalue weighted by atomic mass is 10.2. The summed E-state index contributed by atoms with van der Waals surface area (Å²) in [4.78, 5) is 28.1. The van der Waals surface area contributed by atoms with Crippen LogP contribution in [0.15, 0.2) is 74.1 Å². The molecule has 0 radical (unpaired) electrons. The van der Waals surface area contributed by atoms with Crippen molar-refractivity contribution in [2.75, 3.05) is 0 Å². The number of hydrogen-bond donors (Lipinski definition) is 2. The molecule has 0 aliphatic rings. The van der Waals surface area contributed by atoms with Gasteiger partial charge in [-0.25, -0.2) is 17.9 Å². The molecular formula is C20H20N4O5S. The molecule has 156 valence electrons. The molecule has 0 spiro atoms. The Hall–Kier alpha value is -3.50. The zero-order valence-electron chi connectivity index (χ0n) is 16.3. The number of rotatable bonds is 6. The Morgan fingerprint density at radius 1 is 1.00 bits per heavy atom. The van der Waals surface area contributed by atoms with Crippen LogP contribution < -0.4 is 16.0 Å². The summed E-state index contributed by atoms with van der Waals surface area (Å²) in [6.07, 6.45) is 1.13. The van der Waals surface area contributed by atoms with Crippen molar-refractivity contribution in [3.63, 3.8) is 0 Å². The predicted molar refractivity (Wildman–Crippen MR) is 113 cm³/mol. The van der Waals surface area contributed by atoms with Crippen LogP contribution in [0.3, 0.4) is 0 Å². The third-order valence-corrected chi connectivity index (χ3v) is 5.88. The molecule has 3 rings (SSSR count). The molecule has 30 heavy (non-hydrogen) atoms. The molecular weight excluding hydrogens is 408 g/mol. The highest BCUT2D eigenvalue weighted by molar-refractivity contribution is 7.89. The fraction of sp³-hybridized carbons (Fsp3) is 0.150.